The highest BCUT2D eigenvalue weighted by molar-refractivity contribution is 6.30. The van der Waals surface area contributed by atoms with Crippen LogP contribution in [0.5, 0.6) is 23.0 Å². The minimum Gasteiger partial charge on any atom is -0.497 e. The molecule has 4 bridgehead atoms. The van der Waals surface area contributed by atoms with E-state index in [4.69, 9.17) is 28.9 Å². The van der Waals surface area contributed by atoms with E-state index in [9.17, 15) is 0 Å². The number of benzene rings is 4. The highest BCUT2D eigenvalue weighted by Gasteiger charge is 2.47. The molecule has 0 amide bonds. The van der Waals surface area contributed by atoms with Crippen molar-refractivity contribution >= 4 is 33.4 Å². The number of carbonyl (C=O) groups is 2. The molecule has 1 aliphatic carbocycles. The first-order valence-electron chi connectivity index (χ1n) is 23.4. The van der Waals surface area contributed by atoms with Crippen LogP contribution in [0.25, 0.3) is 21.8 Å². The second kappa shape index (κ2) is 16.6. The molecular formula is C54H56N4O6. The van der Waals surface area contributed by atoms with E-state index in [1.807, 2.05) is 85.2 Å². The van der Waals surface area contributed by atoms with Gasteiger partial charge in [0.2, 0.25) is 0 Å². The molecule has 6 unspecified atom stereocenters. The maximum Gasteiger partial charge on any atom is 0.198 e. The molecule has 0 spiro atoms. The number of piperidine rings is 6. The molecule has 328 valence electrons. The van der Waals surface area contributed by atoms with Crippen LogP contribution in [0.1, 0.15) is 108 Å². The highest BCUT2D eigenvalue weighted by atomic mass is 16.5. The van der Waals surface area contributed by atoms with Crippen LogP contribution in [0.3, 0.4) is 0 Å². The van der Waals surface area contributed by atoms with Crippen LogP contribution in [0.2, 0.25) is 0 Å². The first-order valence-corrected chi connectivity index (χ1v) is 23.4. The number of hydrogen-bond donors (Lipinski definition) is 0. The molecule has 10 heteroatoms. The van der Waals surface area contributed by atoms with Gasteiger partial charge in [-0.1, -0.05) is 51.0 Å². The smallest absolute Gasteiger partial charge is 0.198 e. The van der Waals surface area contributed by atoms with Crippen molar-refractivity contribution in [2.75, 3.05) is 40.4 Å². The molecule has 64 heavy (non-hydrogen) atoms. The Bertz CT molecular complexity index is 2600. The maximum absolute atomic E-state index is 15.1. The second-order valence-corrected chi connectivity index (χ2v) is 18.7. The molecule has 0 N–H and O–H groups in total. The number of ketones is 2. The zero-order chi connectivity index (χ0) is 43.6. The van der Waals surface area contributed by atoms with Gasteiger partial charge in [0.1, 0.15) is 35.2 Å². The summed E-state index contributed by atoms with van der Waals surface area (Å²) >= 11 is 0. The summed E-state index contributed by atoms with van der Waals surface area (Å²) in [5.41, 5.74) is 4.87. The summed E-state index contributed by atoms with van der Waals surface area (Å²) in [6.45, 7) is 8.58. The van der Waals surface area contributed by atoms with Gasteiger partial charge >= 0.3 is 0 Å². The number of nitrogens with zero attached hydrogens (tertiary/aromatic N) is 4. The van der Waals surface area contributed by atoms with Gasteiger partial charge in [-0.15, -0.1) is 0 Å². The van der Waals surface area contributed by atoms with Crippen LogP contribution in [-0.4, -0.2) is 83.8 Å². The molecule has 0 saturated carbocycles. The molecular weight excluding hydrogens is 801 g/mol. The van der Waals surface area contributed by atoms with E-state index in [0.29, 0.717) is 46.3 Å². The SMILES string of the molecule is CCC1CN2CCC1C[C@H]2[C@@H](Oc1ccc(O[C@@H](c2ccnc3ccc(OC)cc23)[C@@H]2CC3CCN2CC3CC)c2c1C(=O)c1ccccc1C2=O)c1ccnc2ccc(OC)cc12. The Morgan fingerprint density at radius 2 is 1.06 bits per heavy atom. The van der Waals surface area contributed by atoms with Crippen molar-refractivity contribution in [3.63, 3.8) is 0 Å². The summed E-state index contributed by atoms with van der Waals surface area (Å²) in [4.78, 5) is 45.0. The molecule has 6 saturated heterocycles. The topological polar surface area (TPSA) is 103 Å². The Labute approximate surface area is 374 Å². The normalized spacial score (nSPS) is 26.6. The van der Waals surface area contributed by atoms with Crippen molar-refractivity contribution in [2.24, 2.45) is 23.7 Å². The van der Waals surface area contributed by atoms with E-state index in [0.717, 1.165) is 109 Å². The molecule has 10 atom stereocenters. The Morgan fingerprint density at radius 1 is 0.609 bits per heavy atom. The predicted octanol–water partition coefficient (Wildman–Crippen LogP) is 10.1. The van der Waals surface area contributed by atoms with Gasteiger partial charge in [0, 0.05) is 58.5 Å². The van der Waals surface area contributed by atoms with E-state index in [-0.39, 0.29) is 34.8 Å². The van der Waals surface area contributed by atoms with Crippen molar-refractivity contribution in [1.82, 2.24) is 19.8 Å². The third-order valence-electron chi connectivity index (χ3n) is 15.7. The van der Waals surface area contributed by atoms with E-state index < -0.39 is 12.2 Å². The highest BCUT2D eigenvalue weighted by Crippen LogP contribution is 2.49. The molecule has 4 aromatic carbocycles. The third-order valence-corrected chi connectivity index (χ3v) is 15.7. The summed E-state index contributed by atoms with van der Waals surface area (Å²) in [6, 6.07) is 27.0. The van der Waals surface area contributed by atoms with Crippen LogP contribution < -0.4 is 18.9 Å². The number of methoxy groups -OCH3 is 2. The van der Waals surface area contributed by atoms with Gasteiger partial charge in [-0.05, 0) is 123 Å². The zero-order valence-electron chi connectivity index (χ0n) is 37.2. The van der Waals surface area contributed by atoms with Gasteiger partial charge in [-0.3, -0.25) is 29.4 Å². The molecule has 2 aromatic heterocycles. The number of hydrogen-bond acceptors (Lipinski definition) is 10. The van der Waals surface area contributed by atoms with Crippen LogP contribution >= 0.6 is 0 Å². The minimum atomic E-state index is -0.475. The van der Waals surface area contributed by atoms with Gasteiger partial charge in [0.25, 0.3) is 0 Å². The van der Waals surface area contributed by atoms with Crippen molar-refractivity contribution in [1.29, 1.82) is 0 Å². The zero-order valence-corrected chi connectivity index (χ0v) is 37.2. The standard InChI is InChI=1S/C54H56N4O6/c1-5-31-29-57-23-19-33(31)25-45(57)53(39-17-21-55-43-13-11-35(61-3)27-41(39)43)63-47-15-16-48(50-49(47)51(59)37-9-7-8-10-38(37)52(50)60)64-54(46-26-34-20-24-58(46)30-32(34)6-2)40-18-22-56-44-14-12-36(62-4)28-42(40)44/h7-18,21-22,27-28,31-34,45-46,53-54H,5-6,19-20,23-26,29-30H2,1-4H3/t31?,32?,33?,34?,45-,46-,53-,54-/m0/s1. The lowest BCUT2D eigenvalue weighted by Crippen LogP contribution is -2.56. The van der Waals surface area contributed by atoms with Gasteiger partial charge in [-0.2, -0.15) is 0 Å². The largest absolute Gasteiger partial charge is 0.497 e. The van der Waals surface area contributed by atoms with E-state index in [2.05, 4.69) is 23.6 Å². The van der Waals surface area contributed by atoms with Gasteiger partial charge in [0.15, 0.2) is 11.6 Å². The molecule has 0 radical (unpaired) electrons. The average Bonchev–Trinajstić information content (AvgIpc) is 3.36. The quantitative estimate of drug-likeness (QED) is 0.118. The van der Waals surface area contributed by atoms with Crippen molar-refractivity contribution < 1.29 is 28.5 Å². The molecule has 6 aromatic rings. The van der Waals surface area contributed by atoms with Crippen LogP contribution in [-0.2, 0) is 0 Å². The van der Waals surface area contributed by atoms with Gasteiger partial charge < -0.3 is 18.9 Å². The number of fused-ring (bicyclic) bond motifs is 10. The summed E-state index contributed by atoms with van der Waals surface area (Å²) in [5, 5.41) is 1.88. The summed E-state index contributed by atoms with van der Waals surface area (Å²) in [7, 11) is 3.35. The van der Waals surface area contributed by atoms with Gasteiger partial charge in [0.05, 0.1) is 48.5 Å². The monoisotopic (exact) mass is 856 g/mol. The third kappa shape index (κ3) is 6.83. The number of carbonyl (C=O) groups excluding carboxylic acids is 2. The number of ether oxygens (including phenoxy) is 4. The Kier molecular flexibility index (Phi) is 10.6. The van der Waals surface area contributed by atoms with E-state index in [1.54, 1.807) is 26.4 Å². The number of pyridine rings is 2. The van der Waals surface area contributed by atoms with E-state index in [1.165, 1.54) is 0 Å². The molecule has 7 aliphatic rings. The number of rotatable bonds is 12. The fourth-order valence-electron chi connectivity index (χ4n) is 12.3. The van der Waals surface area contributed by atoms with Crippen molar-refractivity contribution in [2.45, 2.75) is 76.7 Å². The Hall–Kier alpha value is -5.84. The maximum atomic E-state index is 15.1. The summed E-state index contributed by atoms with van der Waals surface area (Å²) < 4.78 is 26.3. The molecule has 10 nitrogen and oxygen atoms in total. The molecule has 13 rings (SSSR count). The van der Waals surface area contributed by atoms with Crippen LogP contribution in [0.4, 0.5) is 0 Å². The summed E-state index contributed by atoms with van der Waals surface area (Å²) in [6.07, 6.45) is 9.30. The number of aromatic nitrogens is 2. The fraction of sp³-hybridized carbons (Fsp3) is 0.407. The Balaban J connectivity index is 1.07. The lowest BCUT2D eigenvalue weighted by atomic mass is 9.72. The fourth-order valence-corrected chi connectivity index (χ4v) is 12.3. The lowest BCUT2D eigenvalue weighted by Gasteiger charge is -2.52. The first-order chi connectivity index (χ1) is 31.3. The van der Waals surface area contributed by atoms with Gasteiger partial charge in [-0.25, -0.2) is 0 Å². The van der Waals surface area contributed by atoms with Crippen molar-refractivity contribution in [3.05, 3.63) is 131 Å². The van der Waals surface area contributed by atoms with Crippen LogP contribution in [0, 0.1) is 23.7 Å². The molecule has 6 aliphatic heterocycles. The van der Waals surface area contributed by atoms with Crippen LogP contribution in [0.15, 0.2) is 97.3 Å². The lowest BCUT2D eigenvalue weighted by molar-refractivity contribution is -0.0493. The minimum absolute atomic E-state index is 0.0377. The molecule has 6 fully saturated rings. The average molecular weight is 857 g/mol. The predicted molar refractivity (Wildman–Crippen MR) is 247 cm³/mol. The van der Waals surface area contributed by atoms with E-state index >= 15 is 9.59 Å². The van der Waals surface area contributed by atoms with Crippen molar-refractivity contribution in [3.8, 4) is 23.0 Å². The Morgan fingerprint density at radius 3 is 1.45 bits per heavy atom. The first kappa shape index (κ1) is 40.9. The molecule has 8 heterocycles. The summed E-state index contributed by atoms with van der Waals surface area (Å²) in [5.74, 6) is 4.15. The second-order valence-electron chi connectivity index (χ2n) is 18.7.